The molecular formula is C8H15N2O. The second kappa shape index (κ2) is 3.83. The molecule has 0 aromatic carbocycles. The average Bonchev–Trinajstić information content (AvgIpc) is 2.05. The minimum absolute atomic E-state index is 0.859. The Morgan fingerprint density at radius 1 is 1.27 bits per heavy atom. The number of hydrogen-bond acceptors (Lipinski definition) is 3. The summed E-state index contributed by atoms with van der Waals surface area (Å²) in [5.74, 6) is 0. The van der Waals surface area contributed by atoms with E-state index in [9.17, 15) is 4.79 Å². The summed E-state index contributed by atoms with van der Waals surface area (Å²) in [4.78, 5) is 14.8. The molecule has 63 valence electrons. The number of rotatable bonds is 2. The predicted molar refractivity (Wildman–Crippen MR) is 44.1 cm³/mol. The largest absolute Gasteiger partial charge is 0.304 e. The van der Waals surface area contributed by atoms with Gasteiger partial charge in [0, 0.05) is 26.2 Å². The van der Waals surface area contributed by atoms with Gasteiger partial charge in [-0.05, 0) is 14.0 Å². The monoisotopic (exact) mass is 155 g/mol. The molecule has 0 N–H and O–H groups in total. The normalized spacial score (nSPS) is 22.5. The molecule has 0 spiro atoms. The van der Waals surface area contributed by atoms with Gasteiger partial charge in [0.15, 0.2) is 0 Å². The van der Waals surface area contributed by atoms with Gasteiger partial charge in [0.1, 0.15) is 6.29 Å². The van der Waals surface area contributed by atoms with Gasteiger partial charge in [0.2, 0.25) is 0 Å². The van der Waals surface area contributed by atoms with Crippen molar-refractivity contribution in [3.05, 3.63) is 6.04 Å². The van der Waals surface area contributed by atoms with E-state index in [0.717, 1.165) is 38.5 Å². The molecule has 0 saturated carbocycles. The SMILES string of the molecule is C[C](C=O)N1CCN(C)CC1. The van der Waals surface area contributed by atoms with Gasteiger partial charge in [-0.15, -0.1) is 0 Å². The molecule has 0 amide bonds. The Labute approximate surface area is 68.0 Å². The number of hydrogen-bond donors (Lipinski definition) is 0. The molecule has 3 heteroatoms. The van der Waals surface area contributed by atoms with Crippen LogP contribution in [-0.4, -0.2) is 49.3 Å². The molecule has 1 fully saturated rings. The summed E-state index contributed by atoms with van der Waals surface area (Å²) >= 11 is 0. The van der Waals surface area contributed by atoms with Crippen molar-refractivity contribution in [2.24, 2.45) is 0 Å². The Kier molecular flexibility index (Phi) is 3.02. The minimum atomic E-state index is 0.859. The van der Waals surface area contributed by atoms with E-state index in [4.69, 9.17) is 0 Å². The Morgan fingerprint density at radius 3 is 2.27 bits per heavy atom. The molecule has 1 heterocycles. The van der Waals surface area contributed by atoms with Crippen LogP contribution in [0.2, 0.25) is 0 Å². The highest BCUT2D eigenvalue weighted by Crippen LogP contribution is 2.07. The third kappa shape index (κ3) is 2.27. The van der Waals surface area contributed by atoms with Gasteiger partial charge in [-0.3, -0.25) is 4.90 Å². The Bertz CT molecular complexity index is 130. The van der Waals surface area contributed by atoms with Gasteiger partial charge >= 0.3 is 0 Å². The third-order valence-corrected chi connectivity index (χ3v) is 2.17. The van der Waals surface area contributed by atoms with Crippen LogP contribution in [0.15, 0.2) is 0 Å². The van der Waals surface area contributed by atoms with Crippen LogP contribution in [0.4, 0.5) is 0 Å². The van der Waals surface area contributed by atoms with Crippen molar-refractivity contribution in [1.29, 1.82) is 0 Å². The van der Waals surface area contributed by atoms with Crippen molar-refractivity contribution in [3.63, 3.8) is 0 Å². The van der Waals surface area contributed by atoms with E-state index in [2.05, 4.69) is 16.8 Å². The number of aldehydes is 1. The summed E-state index contributed by atoms with van der Waals surface area (Å²) in [6.07, 6.45) is 0.936. The van der Waals surface area contributed by atoms with Gasteiger partial charge in [-0.2, -0.15) is 0 Å². The summed E-state index contributed by atoms with van der Waals surface area (Å²) < 4.78 is 0. The van der Waals surface area contributed by atoms with Gasteiger partial charge in [-0.25, -0.2) is 0 Å². The summed E-state index contributed by atoms with van der Waals surface area (Å²) in [7, 11) is 2.10. The standard InChI is InChI=1S/C8H15N2O/c1-8(7-11)10-5-3-9(2)4-6-10/h7H,3-6H2,1-2H3. The fourth-order valence-corrected chi connectivity index (χ4v) is 1.23. The summed E-state index contributed by atoms with van der Waals surface area (Å²) in [6, 6.07) is 0.859. The highest BCUT2D eigenvalue weighted by molar-refractivity contribution is 5.66. The van der Waals surface area contributed by atoms with Gasteiger partial charge in [0.25, 0.3) is 0 Å². The Morgan fingerprint density at radius 2 is 1.82 bits per heavy atom. The third-order valence-electron chi connectivity index (χ3n) is 2.17. The fourth-order valence-electron chi connectivity index (χ4n) is 1.23. The van der Waals surface area contributed by atoms with E-state index in [0.29, 0.717) is 0 Å². The number of carbonyl (C=O) groups is 1. The lowest BCUT2D eigenvalue weighted by atomic mass is 10.2. The average molecular weight is 155 g/mol. The van der Waals surface area contributed by atoms with Crippen LogP contribution in [0.3, 0.4) is 0 Å². The van der Waals surface area contributed by atoms with Crippen molar-refractivity contribution in [2.45, 2.75) is 6.92 Å². The predicted octanol–water partition coefficient (Wildman–Crippen LogP) is -0.0154. The summed E-state index contributed by atoms with van der Waals surface area (Å²) in [5.41, 5.74) is 0. The molecule has 1 aliphatic heterocycles. The molecule has 0 aliphatic carbocycles. The van der Waals surface area contributed by atoms with Crippen LogP contribution >= 0.6 is 0 Å². The quantitative estimate of drug-likeness (QED) is 0.524. The highest BCUT2D eigenvalue weighted by atomic mass is 16.1. The van der Waals surface area contributed by atoms with E-state index in [-0.39, 0.29) is 0 Å². The maximum atomic E-state index is 10.4. The molecule has 1 saturated heterocycles. The number of piperazine rings is 1. The van der Waals surface area contributed by atoms with Crippen LogP contribution in [-0.2, 0) is 4.79 Å². The maximum absolute atomic E-state index is 10.4. The zero-order chi connectivity index (χ0) is 8.27. The van der Waals surface area contributed by atoms with Crippen LogP contribution in [0.5, 0.6) is 0 Å². The topological polar surface area (TPSA) is 23.6 Å². The molecule has 0 atom stereocenters. The molecule has 0 bridgehead atoms. The molecular weight excluding hydrogens is 140 g/mol. The molecule has 0 aromatic heterocycles. The van der Waals surface area contributed by atoms with Crippen LogP contribution in [0, 0.1) is 6.04 Å². The van der Waals surface area contributed by atoms with E-state index in [1.807, 2.05) is 6.92 Å². The van der Waals surface area contributed by atoms with Crippen molar-refractivity contribution in [3.8, 4) is 0 Å². The van der Waals surface area contributed by atoms with Crippen molar-refractivity contribution in [2.75, 3.05) is 33.2 Å². The van der Waals surface area contributed by atoms with Crippen LogP contribution in [0.25, 0.3) is 0 Å². The van der Waals surface area contributed by atoms with Gasteiger partial charge < -0.3 is 9.69 Å². The molecule has 0 aromatic rings. The minimum Gasteiger partial charge on any atom is -0.304 e. The Balaban J connectivity index is 2.32. The van der Waals surface area contributed by atoms with Crippen molar-refractivity contribution < 1.29 is 4.79 Å². The number of nitrogens with zero attached hydrogens (tertiary/aromatic N) is 2. The van der Waals surface area contributed by atoms with Crippen molar-refractivity contribution >= 4 is 6.29 Å². The summed E-state index contributed by atoms with van der Waals surface area (Å²) in [6.45, 7) is 5.97. The lowest BCUT2D eigenvalue weighted by molar-refractivity contribution is -0.108. The lowest BCUT2D eigenvalue weighted by Crippen LogP contribution is -2.45. The second-order valence-corrected chi connectivity index (χ2v) is 3.05. The summed E-state index contributed by atoms with van der Waals surface area (Å²) in [5, 5.41) is 0. The first-order chi connectivity index (χ1) is 5.24. The zero-order valence-electron chi connectivity index (χ0n) is 7.21. The molecule has 1 rings (SSSR count). The van der Waals surface area contributed by atoms with Crippen molar-refractivity contribution in [1.82, 2.24) is 9.80 Å². The van der Waals surface area contributed by atoms with E-state index < -0.39 is 0 Å². The van der Waals surface area contributed by atoms with Gasteiger partial charge in [-0.1, -0.05) is 0 Å². The maximum Gasteiger partial charge on any atom is 0.142 e. The molecule has 3 nitrogen and oxygen atoms in total. The second-order valence-electron chi connectivity index (χ2n) is 3.05. The molecule has 1 radical (unpaired) electrons. The van der Waals surface area contributed by atoms with Crippen LogP contribution in [0.1, 0.15) is 6.92 Å². The lowest BCUT2D eigenvalue weighted by Gasteiger charge is -2.33. The van der Waals surface area contributed by atoms with Crippen LogP contribution < -0.4 is 0 Å². The number of likely N-dealkylation sites (N-methyl/N-ethyl adjacent to an activating group) is 1. The smallest absolute Gasteiger partial charge is 0.142 e. The van der Waals surface area contributed by atoms with E-state index in [1.165, 1.54) is 0 Å². The van der Waals surface area contributed by atoms with E-state index in [1.54, 1.807) is 0 Å². The fraction of sp³-hybridized carbons (Fsp3) is 0.750. The number of carbonyl (C=O) groups excluding carboxylic acids is 1. The Hall–Kier alpha value is -0.410. The van der Waals surface area contributed by atoms with E-state index >= 15 is 0 Å². The first kappa shape index (κ1) is 8.68. The molecule has 11 heavy (non-hydrogen) atoms. The molecule has 1 aliphatic rings. The van der Waals surface area contributed by atoms with Gasteiger partial charge in [0.05, 0.1) is 6.04 Å². The zero-order valence-corrected chi connectivity index (χ0v) is 7.21. The molecule has 0 unspecified atom stereocenters. The highest BCUT2D eigenvalue weighted by Gasteiger charge is 2.18. The first-order valence-electron chi connectivity index (χ1n) is 3.96. The first-order valence-corrected chi connectivity index (χ1v) is 3.96.